The third-order valence-electron chi connectivity index (χ3n) is 6.42. The molecular formula is C26H26N6O3. The zero-order valence-electron chi connectivity index (χ0n) is 19.6. The Kier molecular flexibility index (Phi) is 6.13. The molecule has 0 bridgehead atoms. The van der Waals surface area contributed by atoms with Crippen LogP contribution in [0.3, 0.4) is 0 Å². The first-order valence-electron chi connectivity index (χ1n) is 11.5. The summed E-state index contributed by atoms with van der Waals surface area (Å²) in [5.41, 5.74) is 4.33. The zero-order chi connectivity index (χ0) is 24.4. The summed E-state index contributed by atoms with van der Waals surface area (Å²) in [4.78, 5) is 36.1. The van der Waals surface area contributed by atoms with Crippen LogP contribution in [0, 0.1) is 0 Å². The fourth-order valence-corrected chi connectivity index (χ4v) is 4.63. The molecule has 1 fully saturated rings. The number of hydrogen-bond donors (Lipinski definition) is 1. The molecule has 4 aromatic rings. The molecule has 1 atom stereocenters. The number of aromatic nitrogens is 4. The van der Waals surface area contributed by atoms with E-state index in [4.69, 9.17) is 4.74 Å². The molecule has 35 heavy (non-hydrogen) atoms. The summed E-state index contributed by atoms with van der Waals surface area (Å²) in [6.07, 6.45) is 6.29. The molecule has 0 aliphatic carbocycles. The van der Waals surface area contributed by atoms with Crippen LogP contribution in [0.15, 0.2) is 61.1 Å². The number of hydrogen-bond acceptors (Lipinski definition) is 6. The maximum atomic E-state index is 13.3. The van der Waals surface area contributed by atoms with E-state index in [1.54, 1.807) is 37.1 Å². The molecule has 3 aromatic heterocycles. The van der Waals surface area contributed by atoms with Crippen molar-refractivity contribution in [2.75, 3.05) is 27.2 Å². The lowest BCUT2D eigenvalue weighted by Gasteiger charge is -2.17. The van der Waals surface area contributed by atoms with Gasteiger partial charge in [-0.3, -0.25) is 14.6 Å². The van der Waals surface area contributed by atoms with Gasteiger partial charge in [0.15, 0.2) is 5.65 Å². The first-order valence-corrected chi connectivity index (χ1v) is 11.5. The maximum absolute atomic E-state index is 13.3. The van der Waals surface area contributed by atoms with Gasteiger partial charge < -0.3 is 15.0 Å². The Hall–Kier alpha value is -4.27. The van der Waals surface area contributed by atoms with Gasteiger partial charge in [0.1, 0.15) is 11.3 Å². The summed E-state index contributed by atoms with van der Waals surface area (Å²) < 4.78 is 7.15. The van der Waals surface area contributed by atoms with Crippen molar-refractivity contribution in [2.45, 2.75) is 18.8 Å². The van der Waals surface area contributed by atoms with Crippen LogP contribution >= 0.6 is 0 Å². The summed E-state index contributed by atoms with van der Waals surface area (Å²) in [5, 5.41) is 7.01. The van der Waals surface area contributed by atoms with Crippen molar-refractivity contribution in [1.82, 2.24) is 29.8 Å². The molecule has 9 nitrogen and oxygen atoms in total. The van der Waals surface area contributed by atoms with Gasteiger partial charge in [-0.2, -0.15) is 5.10 Å². The number of fused-ring (bicyclic) bond motifs is 1. The molecule has 0 spiro atoms. The Balaban J connectivity index is 1.33. The van der Waals surface area contributed by atoms with Gasteiger partial charge in [0.25, 0.3) is 11.8 Å². The lowest BCUT2D eigenvalue weighted by atomic mass is 10.0. The van der Waals surface area contributed by atoms with Crippen LogP contribution in [0.2, 0.25) is 0 Å². The Morgan fingerprint density at radius 1 is 1.14 bits per heavy atom. The summed E-state index contributed by atoms with van der Waals surface area (Å²) in [5.74, 6) is 0.648. The van der Waals surface area contributed by atoms with Crippen LogP contribution in [0.1, 0.15) is 50.0 Å². The standard InChI is InChI=1S/C26H26N6O3/c1-27-25(33)21-15-30-32-22(8-11-29-24(21)32)19-9-12-31(16-19)26(34)18-7-10-28-20(14-18)13-17-5-3-4-6-23(17)35-2/h3-8,10-11,14-15,19H,9,12-13,16H2,1-2H3,(H,27,33)/t19-/m1/s1. The largest absolute Gasteiger partial charge is 0.496 e. The Labute approximate surface area is 202 Å². The van der Waals surface area contributed by atoms with Gasteiger partial charge in [-0.25, -0.2) is 9.50 Å². The fraction of sp³-hybridized carbons (Fsp3) is 0.269. The van der Waals surface area contributed by atoms with Gasteiger partial charge in [-0.05, 0) is 30.7 Å². The summed E-state index contributed by atoms with van der Waals surface area (Å²) in [6.45, 7) is 1.21. The minimum atomic E-state index is -0.227. The average molecular weight is 471 g/mol. The van der Waals surface area contributed by atoms with E-state index in [0.29, 0.717) is 36.3 Å². The molecular weight excluding hydrogens is 444 g/mol. The van der Waals surface area contributed by atoms with Crippen molar-refractivity contribution in [2.24, 2.45) is 0 Å². The van der Waals surface area contributed by atoms with Gasteiger partial charge in [0.2, 0.25) is 0 Å². The number of benzene rings is 1. The number of likely N-dealkylation sites (tertiary alicyclic amines) is 1. The monoisotopic (exact) mass is 470 g/mol. The van der Waals surface area contributed by atoms with Gasteiger partial charge in [0.05, 0.1) is 19.0 Å². The molecule has 2 amide bonds. The molecule has 0 radical (unpaired) electrons. The second-order valence-electron chi connectivity index (χ2n) is 8.50. The molecule has 9 heteroatoms. The summed E-state index contributed by atoms with van der Waals surface area (Å²) >= 11 is 0. The zero-order valence-corrected chi connectivity index (χ0v) is 19.6. The van der Waals surface area contributed by atoms with E-state index in [0.717, 1.165) is 29.1 Å². The van der Waals surface area contributed by atoms with Gasteiger partial charge in [0, 0.05) is 61.7 Å². The lowest BCUT2D eigenvalue weighted by molar-refractivity contribution is 0.0790. The first kappa shape index (κ1) is 22.5. The highest BCUT2D eigenvalue weighted by Crippen LogP contribution is 2.29. The highest BCUT2D eigenvalue weighted by molar-refractivity contribution is 5.99. The molecule has 1 saturated heterocycles. The van der Waals surface area contributed by atoms with E-state index in [9.17, 15) is 9.59 Å². The number of carbonyl (C=O) groups is 2. The number of rotatable bonds is 6. The second kappa shape index (κ2) is 9.54. The number of amides is 2. The predicted molar refractivity (Wildman–Crippen MR) is 130 cm³/mol. The third-order valence-corrected chi connectivity index (χ3v) is 6.42. The fourth-order valence-electron chi connectivity index (χ4n) is 4.63. The third kappa shape index (κ3) is 4.32. The molecule has 4 heterocycles. The molecule has 0 saturated carbocycles. The molecule has 0 unspecified atom stereocenters. The number of methoxy groups -OCH3 is 1. The summed E-state index contributed by atoms with van der Waals surface area (Å²) in [7, 11) is 3.23. The number of pyridine rings is 1. The Morgan fingerprint density at radius 3 is 2.80 bits per heavy atom. The van der Waals surface area contributed by atoms with Crippen molar-refractivity contribution in [1.29, 1.82) is 0 Å². The molecule has 1 aliphatic heterocycles. The van der Waals surface area contributed by atoms with Crippen molar-refractivity contribution < 1.29 is 14.3 Å². The van der Waals surface area contributed by atoms with Crippen LogP contribution in [0.5, 0.6) is 5.75 Å². The van der Waals surface area contributed by atoms with E-state index in [2.05, 4.69) is 20.4 Å². The van der Waals surface area contributed by atoms with E-state index in [1.165, 1.54) is 6.20 Å². The molecule has 178 valence electrons. The topological polar surface area (TPSA) is 102 Å². The van der Waals surface area contributed by atoms with Crippen molar-refractivity contribution in [3.8, 4) is 5.75 Å². The minimum Gasteiger partial charge on any atom is -0.496 e. The predicted octanol–water partition coefficient (Wildman–Crippen LogP) is 2.71. The smallest absolute Gasteiger partial charge is 0.256 e. The maximum Gasteiger partial charge on any atom is 0.256 e. The van der Waals surface area contributed by atoms with Crippen LogP contribution < -0.4 is 10.1 Å². The van der Waals surface area contributed by atoms with E-state index >= 15 is 0 Å². The van der Waals surface area contributed by atoms with Gasteiger partial charge >= 0.3 is 0 Å². The van der Waals surface area contributed by atoms with Crippen molar-refractivity contribution in [3.63, 3.8) is 0 Å². The second-order valence-corrected chi connectivity index (χ2v) is 8.50. The molecule has 1 aliphatic rings. The highest BCUT2D eigenvalue weighted by atomic mass is 16.5. The molecule has 5 rings (SSSR count). The normalized spacial score (nSPS) is 15.4. The van der Waals surface area contributed by atoms with E-state index in [-0.39, 0.29) is 17.7 Å². The van der Waals surface area contributed by atoms with Crippen molar-refractivity contribution in [3.05, 3.63) is 89.1 Å². The van der Waals surface area contributed by atoms with Crippen LogP contribution in [-0.2, 0) is 6.42 Å². The number of ether oxygens (including phenoxy) is 1. The average Bonchev–Trinajstić information content (AvgIpc) is 3.56. The summed E-state index contributed by atoms with van der Waals surface area (Å²) in [6, 6.07) is 13.3. The molecule has 1 N–H and O–H groups in total. The van der Waals surface area contributed by atoms with Crippen LogP contribution in [0.25, 0.3) is 5.65 Å². The number of para-hydroxylation sites is 1. The van der Waals surface area contributed by atoms with Crippen molar-refractivity contribution >= 4 is 17.5 Å². The SMILES string of the molecule is CNC(=O)c1cnn2c([C@@H]3CCN(C(=O)c4ccnc(Cc5ccccc5OC)c4)C3)ccnc12. The number of nitrogens with one attached hydrogen (secondary N) is 1. The highest BCUT2D eigenvalue weighted by Gasteiger charge is 2.30. The van der Waals surface area contributed by atoms with Crippen LogP contribution in [0.4, 0.5) is 0 Å². The number of nitrogens with zero attached hydrogens (tertiary/aromatic N) is 5. The first-order chi connectivity index (χ1) is 17.1. The number of carbonyl (C=O) groups excluding carboxylic acids is 2. The Bertz CT molecular complexity index is 1400. The minimum absolute atomic E-state index is 0.0204. The van der Waals surface area contributed by atoms with E-state index in [1.807, 2.05) is 41.3 Å². The quantitative estimate of drug-likeness (QED) is 0.465. The molecule has 1 aromatic carbocycles. The lowest BCUT2D eigenvalue weighted by Crippen LogP contribution is -2.28. The Morgan fingerprint density at radius 2 is 1.97 bits per heavy atom. The van der Waals surface area contributed by atoms with Crippen LogP contribution in [-0.4, -0.2) is 63.5 Å². The van der Waals surface area contributed by atoms with Gasteiger partial charge in [-0.15, -0.1) is 0 Å². The van der Waals surface area contributed by atoms with Gasteiger partial charge in [-0.1, -0.05) is 18.2 Å². The van der Waals surface area contributed by atoms with E-state index < -0.39 is 0 Å².